The van der Waals surface area contributed by atoms with Gasteiger partial charge in [-0.3, -0.25) is 14.5 Å². The molecule has 10 heteroatoms. The van der Waals surface area contributed by atoms with E-state index in [1.54, 1.807) is 38.2 Å². The van der Waals surface area contributed by atoms with E-state index in [-0.39, 0.29) is 18.1 Å². The molecule has 5 nitrogen and oxygen atoms in total. The van der Waals surface area contributed by atoms with Gasteiger partial charge < -0.3 is 10.6 Å². The van der Waals surface area contributed by atoms with E-state index in [9.17, 15) is 22.8 Å². The lowest BCUT2D eigenvalue weighted by molar-refractivity contribution is -0.137. The molecule has 0 aromatic heterocycles. The number of hydrogen-bond acceptors (Lipinski definition) is 3. The minimum Gasteiger partial charge on any atom is -0.325 e. The maximum atomic E-state index is 13.0. The molecule has 156 valence electrons. The molecule has 1 atom stereocenters. The molecule has 29 heavy (non-hydrogen) atoms. The van der Waals surface area contributed by atoms with E-state index >= 15 is 0 Å². The number of benzene rings is 2. The summed E-state index contributed by atoms with van der Waals surface area (Å²) < 4.78 is 39.6. The highest BCUT2D eigenvalue weighted by atomic mass is 79.9. The minimum atomic E-state index is -4.63. The molecular weight excluding hydrogens is 475 g/mol. The Labute approximate surface area is 179 Å². The average molecular weight is 493 g/mol. The van der Waals surface area contributed by atoms with Crippen molar-refractivity contribution in [3.05, 3.63) is 57.5 Å². The number of nitrogens with one attached hydrogen (secondary N) is 2. The summed E-state index contributed by atoms with van der Waals surface area (Å²) in [5, 5.41) is 4.68. The van der Waals surface area contributed by atoms with Crippen LogP contribution in [0.5, 0.6) is 0 Å². The molecule has 0 aliphatic carbocycles. The smallest absolute Gasteiger partial charge is 0.325 e. The fraction of sp³-hybridized carbons (Fsp3) is 0.263. The van der Waals surface area contributed by atoms with Gasteiger partial charge in [0, 0.05) is 10.2 Å². The van der Waals surface area contributed by atoms with Crippen LogP contribution < -0.4 is 10.6 Å². The third-order valence-electron chi connectivity index (χ3n) is 4.12. The van der Waals surface area contributed by atoms with Crippen LogP contribution in [0.4, 0.5) is 24.5 Å². The van der Waals surface area contributed by atoms with Gasteiger partial charge in [0.05, 0.1) is 28.9 Å². The van der Waals surface area contributed by atoms with Crippen LogP contribution in [0.1, 0.15) is 12.5 Å². The van der Waals surface area contributed by atoms with E-state index in [1.807, 2.05) is 0 Å². The van der Waals surface area contributed by atoms with E-state index in [0.717, 1.165) is 12.1 Å². The molecule has 2 amide bonds. The Kier molecular flexibility index (Phi) is 7.67. The van der Waals surface area contributed by atoms with Crippen LogP contribution in [0.3, 0.4) is 0 Å². The van der Waals surface area contributed by atoms with Gasteiger partial charge in [0.2, 0.25) is 11.8 Å². The van der Waals surface area contributed by atoms with Crippen molar-refractivity contribution in [1.82, 2.24) is 4.90 Å². The topological polar surface area (TPSA) is 61.4 Å². The number of carbonyl (C=O) groups excluding carboxylic acids is 2. The highest BCUT2D eigenvalue weighted by Crippen LogP contribution is 2.36. The van der Waals surface area contributed by atoms with Crippen molar-refractivity contribution in [3.63, 3.8) is 0 Å². The second kappa shape index (κ2) is 9.60. The number of nitrogens with zero attached hydrogens (tertiary/aromatic N) is 1. The molecule has 2 aromatic rings. The quantitative estimate of drug-likeness (QED) is 0.595. The van der Waals surface area contributed by atoms with Gasteiger partial charge in [-0.2, -0.15) is 13.2 Å². The van der Waals surface area contributed by atoms with Gasteiger partial charge in [0.15, 0.2) is 0 Å². The number of amides is 2. The van der Waals surface area contributed by atoms with Crippen LogP contribution in [0, 0.1) is 0 Å². The monoisotopic (exact) mass is 491 g/mol. The molecule has 0 fully saturated rings. The number of carbonyl (C=O) groups is 2. The maximum Gasteiger partial charge on any atom is 0.417 e. The Morgan fingerprint density at radius 1 is 1.17 bits per heavy atom. The SMILES string of the molecule is CC(C(=O)Nc1ccc(Cl)c(C(F)(F)F)c1)N(C)CC(=O)Nc1ccccc1Br. The largest absolute Gasteiger partial charge is 0.417 e. The number of anilines is 2. The highest BCUT2D eigenvalue weighted by molar-refractivity contribution is 9.10. The van der Waals surface area contributed by atoms with Crippen LogP contribution in [-0.4, -0.2) is 36.3 Å². The normalized spacial score (nSPS) is 12.6. The first-order chi connectivity index (χ1) is 13.5. The highest BCUT2D eigenvalue weighted by Gasteiger charge is 2.33. The van der Waals surface area contributed by atoms with Crippen LogP contribution >= 0.6 is 27.5 Å². The lowest BCUT2D eigenvalue weighted by Gasteiger charge is -2.23. The van der Waals surface area contributed by atoms with Crippen LogP contribution in [0.15, 0.2) is 46.9 Å². The van der Waals surface area contributed by atoms with Gasteiger partial charge in [-0.15, -0.1) is 0 Å². The third kappa shape index (κ3) is 6.45. The van der Waals surface area contributed by atoms with Crippen molar-refractivity contribution in [2.45, 2.75) is 19.1 Å². The summed E-state index contributed by atoms with van der Waals surface area (Å²) in [5.74, 6) is -0.901. The molecule has 2 aromatic carbocycles. The Morgan fingerprint density at radius 2 is 1.83 bits per heavy atom. The van der Waals surface area contributed by atoms with Crippen molar-refractivity contribution in [1.29, 1.82) is 0 Å². The fourth-order valence-electron chi connectivity index (χ4n) is 2.38. The molecule has 0 heterocycles. The zero-order chi connectivity index (χ0) is 21.8. The van der Waals surface area contributed by atoms with Gasteiger partial charge in [-0.25, -0.2) is 0 Å². The van der Waals surface area contributed by atoms with Gasteiger partial charge in [0.1, 0.15) is 0 Å². The molecule has 0 saturated carbocycles. The molecule has 2 N–H and O–H groups in total. The molecule has 0 radical (unpaired) electrons. The molecule has 0 bridgehead atoms. The molecule has 0 saturated heterocycles. The zero-order valence-electron chi connectivity index (χ0n) is 15.5. The summed E-state index contributed by atoms with van der Waals surface area (Å²) in [4.78, 5) is 26.1. The number of alkyl halides is 3. The van der Waals surface area contributed by atoms with Crippen molar-refractivity contribution in [2.24, 2.45) is 0 Å². The zero-order valence-corrected chi connectivity index (χ0v) is 17.8. The van der Waals surface area contributed by atoms with E-state index < -0.39 is 28.7 Å². The van der Waals surface area contributed by atoms with Crippen molar-refractivity contribution < 1.29 is 22.8 Å². The van der Waals surface area contributed by atoms with Gasteiger partial charge >= 0.3 is 6.18 Å². The molecule has 2 rings (SSSR count). The third-order valence-corrected chi connectivity index (χ3v) is 5.14. The Morgan fingerprint density at radius 3 is 2.45 bits per heavy atom. The van der Waals surface area contributed by atoms with E-state index in [4.69, 9.17) is 11.6 Å². The predicted molar refractivity (Wildman–Crippen MR) is 110 cm³/mol. The molecule has 1 unspecified atom stereocenters. The summed E-state index contributed by atoms with van der Waals surface area (Å²) >= 11 is 8.90. The second-order valence-electron chi connectivity index (χ2n) is 6.30. The van der Waals surface area contributed by atoms with E-state index in [1.165, 1.54) is 11.0 Å². The molecule has 0 spiro atoms. The fourth-order valence-corrected chi connectivity index (χ4v) is 2.99. The summed E-state index contributed by atoms with van der Waals surface area (Å²) in [6.07, 6.45) is -4.63. The Bertz CT molecular complexity index is 909. The average Bonchev–Trinajstić information content (AvgIpc) is 2.63. The predicted octanol–water partition coefficient (Wildman–Crippen LogP) is 5.02. The van der Waals surface area contributed by atoms with Crippen LogP contribution in [0.25, 0.3) is 0 Å². The number of hydrogen-bond donors (Lipinski definition) is 2. The Hall–Kier alpha value is -2.10. The standard InChI is InChI=1S/C19H18BrClF3N3O2/c1-11(27(2)10-17(28)26-16-6-4-3-5-14(16)20)18(29)25-12-7-8-15(21)13(9-12)19(22,23)24/h3-9,11H,10H2,1-2H3,(H,25,29)(H,26,28). The second-order valence-corrected chi connectivity index (χ2v) is 7.56. The summed E-state index contributed by atoms with van der Waals surface area (Å²) in [6.45, 7) is 1.45. The lowest BCUT2D eigenvalue weighted by atomic mass is 10.2. The number of rotatable bonds is 6. The van der Waals surface area contributed by atoms with Gasteiger partial charge in [-0.05, 0) is 60.2 Å². The van der Waals surface area contributed by atoms with E-state index in [2.05, 4.69) is 26.6 Å². The molecule has 0 aliphatic rings. The minimum absolute atomic E-state index is 0.0374. The van der Waals surface area contributed by atoms with Crippen molar-refractivity contribution >= 4 is 50.7 Å². The first-order valence-electron chi connectivity index (χ1n) is 8.41. The van der Waals surface area contributed by atoms with E-state index in [0.29, 0.717) is 10.2 Å². The summed E-state index contributed by atoms with van der Waals surface area (Å²) in [6, 6.07) is 9.41. The van der Waals surface area contributed by atoms with Crippen LogP contribution in [0.2, 0.25) is 5.02 Å². The maximum absolute atomic E-state index is 13.0. The first kappa shape index (κ1) is 23.2. The van der Waals surface area contributed by atoms with Crippen molar-refractivity contribution in [3.8, 4) is 0 Å². The number of halogens is 5. The molecular formula is C19H18BrClF3N3O2. The summed E-state index contributed by atoms with van der Waals surface area (Å²) in [5.41, 5.74) is -0.487. The first-order valence-corrected chi connectivity index (χ1v) is 9.58. The lowest BCUT2D eigenvalue weighted by Crippen LogP contribution is -2.43. The van der Waals surface area contributed by atoms with Gasteiger partial charge in [-0.1, -0.05) is 23.7 Å². The Balaban J connectivity index is 1.99. The summed E-state index contributed by atoms with van der Waals surface area (Å²) in [7, 11) is 1.56. The molecule has 0 aliphatic heterocycles. The van der Waals surface area contributed by atoms with Crippen molar-refractivity contribution in [2.75, 3.05) is 24.2 Å². The number of para-hydroxylation sites is 1. The van der Waals surface area contributed by atoms with Gasteiger partial charge in [0.25, 0.3) is 0 Å². The van der Waals surface area contributed by atoms with Crippen LogP contribution in [-0.2, 0) is 15.8 Å². The number of likely N-dealkylation sites (N-methyl/N-ethyl adjacent to an activating group) is 1.